The number of alkyl halides is 2. The fourth-order valence-corrected chi connectivity index (χ4v) is 4.44. The number of likely N-dealkylation sites (tertiary alicyclic amines) is 1. The van der Waals surface area contributed by atoms with Crippen LogP contribution in [-0.4, -0.2) is 31.9 Å². The number of nitrogens with zero attached hydrogens (tertiary/aromatic N) is 4. The Kier molecular flexibility index (Phi) is 5.17. The molecule has 0 unspecified atom stereocenters. The van der Waals surface area contributed by atoms with Gasteiger partial charge in [0.05, 0.1) is 17.9 Å². The lowest BCUT2D eigenvalue weighted by Crippen LogP contribution is -2.30. The van der Waals surface area contributed by atoms with Crippen molar-refractivity contribution in [1.29, 1.82) is 0 Å². The number of carbonyl (C=O) groups excluding carboxylic acids is 1. The molecule has 1 aliphatic rings. The van der Waals surface area contributed by atoms with Crippen molar-refractivity contribution in [1.82, 2.24) is 19.5 Å². The molecule has 3 heterocycles. The number of rotatable bonds is 4. The largest absolute Gasteiger partial charge is 0.331 e. The monoisotopic (exact) mass is 432 g/mol. The summed E-state index contributed by atoms with van der Waals surface area (Å²) in [4.78, 5) is 19.9. The first kappa shape index (κ1) is 20.3. The van der Waals surface area contributed by atoms with Crippen LogP contribution in [0.25, 0.3) is 16.9 Å². The summed E-state index contributed by atoms with van der Waals surface area (Å²) in [5.41, 5.74) is 3.41. The van der Waals surface area contributed by atoms with Gasteiger partial charge in [0.1, 0.15) is 11.3 Å². The van der Waals surface area contributed by atoms with Crippen molar-refractivity contribution in [3.8, 4) is 11.3 Å². The van der Waals surface area contributed by atoms with Gasteiger partial charge in [-0.25, -0.2) is 18.3 Å². The highest BCUT2D eigenvalue weighted by atomic mass is 19.3. The fraction of sp³-hybridized carbons (Fsp3) is 0.240. The molecule has 0 saturated carbocycles. The number of fused-ring (bicyclic) bond motifs is 1. The van der Waals surface area contributed by atoms with E-state index in [0.717, 1.165) is 28.5 Å². The van der Waals surface area contributed by atoms with E-state index in [1.165, 1.54) is 12.3 Å². The van der Waals surface area contributed by atoms with Crippen molar-refractivity contribution in [2.75, 3.05) is 6.54 Å². The topological polar surface area (TPSA) is 50.5 Å². The Morgan fingerprint density at radius 3 is 2.66 bits per heavy atom. The van der Waals surface area contributed by atoms with Gasteiger partial charge in [-0.2, -0.15) is 5.10 Å². The molecule has 1 fully saturated rings. The van der Waals surface area contributed by atoms with Gasteiger partial charge < -0.3 is 4.90 Å². The van der Waals surface area contributed by atoms with Crippen molar-refractivity contribution in [3.05, 3.63) is 89.2 Å². The Bertz CT molecular complexity index is 1290. The van der Waals surface area contributed by atoms with Gasteiger partial charge in [0.2, 0.25) is 0 Å². The van der Waals surface area contributed by atoms with Crippen LogP contribution in [0.2, 0.25) is 0 Å². The summed E-state index contributed by atoms with van der Waals surface area (Å²) in [6.07, 6.45) is 0.350. The molecule has 1 amide bonds. The number of aromatic nitrogens is 3. The Labute approximate surface area is 184 Å². The van der Waals surface area contributed by atoms with Crippen molar-refractivity contribution in [2.24, 2.45) is 0 Å². The van der Waals surface area contributed by atoms with Gasteiger partial charge in [-0.05, 0) is 31.4 Å². The lowest BCUT2D eigenvalue weighted by atomic mass is 10.0. The summed E-state index contributed by atoms with van der Waals surface area (Å²) in [6.45, 7) is 2.63. The number of carbonyl (C=O) groups is 1. The van der Waals surface area contributed by atoms with Crippen LogP contribution >= 0.6 is 0 Å². The maximum Gasteiger partial charge on any atom is 0.280 e. The molecule has 1 aliphatic heterocycles. The van der Waals surface area contributed by atoms with E-state index in [2.05, 4.69) is 16.1 Å². The van der Waals surface area contributed by atoms with Crippen LogP contribution in [0.5, 0.6) is 0 Å². The summed E-state index contributed by atoms with van der Waals surface area (Å²) >= 11 is 0. The highest BCUT2D eigenvalue weighted by Gasteiger charge is 2.33. The second kappa shape index (κ2) is 8.15. The van der Waals surface area contributed by atoms with Gasteiger partial charge in [0.15, 0.2) is 5.65 Å². The summed E-state index contributed by atoms with van der Waals surface area (Å²) in [6, 6.07) is 18.5. The quantitative estimate of drug-likeness (QED) is 0.421. The van der Waals surface area contributed by atoms with Crippen LogP contribution in [0, 0.1) is 6.92 Å². The molecule has 0 N–H and O–H groups in total. The van der Waals surface area contributed by atoms with Crippen molar-refractivity contribution < 1.29 is 13.6 Å². The Morgan fingerprint density at radius 1 is 1.09 bits per heavy atom. The van der Waals surface area contributed by atoms with Crippen LogP contribution in [-0.2, 0) is 0 Å². The van der Waals surface area contributed by atoms with E-state index in [4.69, 9.17) is 0 Å². The molecule has 0 aliphatic carbocycles. The van der Waals surface area contributed by atoms with Gasteiger partial charge >= 0.3 is 0 Å². The first-order valence-electron chi connectivity index (χ1n) is 10.6. The van der Waals surface area contributed by atoms with E-state index in [-0.39, 0.29) is 28.9 Å². The molecule has 1 saturated heterocycles. The second-order valence-corrected chi connectivity index (χ2v) is 8.10. The number of hydrogen-bond donors (Lipinski definition) is 0. The number of amides is 1. The minimum Gasteiger partial charge on any atom is -0.331 e. The molecule has 4 aromatic rings. The lowest BCUT2D eigenvalue weighted by Gasteiger charge is -2.25. The molecule has 2 aromatic heterocycles. The van der Waals surface area contributed by atoms with Crippen LogP contribution in [0.4, 0.5) is 8.78 Å². The van der Waals surface area contributed by atoms with Gasteiger partial charge in [-0.15, -0.1) is 0 Å². The summed E-state index contributed by atoms with van der Waals surface area (Å²) in [5.74, 6) is -0.234. The smallest absolute Gasteiger partial charge is 0.280 e. The average Bonchev–Trinajstić information content (AvgIpc) is 3.46. The number of aryl methyl sites for hydroxylation is 1. The molecule has 1 atom stereocenters. The van der Waals surface area contributed by atoms with Crippen molar-refractivity contribution in [2.45, 2.75) is 32.2 Å². The molecule has 2 aromatic carbocycles. The maximum absolute atomic E-state index is 13.8. The molecular weight excluding hydrogens is 410 g/mol. The zero-order valence-electron chi connectivity index (χ0n) is 17.6. The minimum absolute atomic E-state index is 0.0516. The van der Waals surface area contributed by atoms with E-state index in [9.17, 15) is 13.6 Å². The second-order valence-electron chi connectivity index (χ2n) is 8.10. The zero-order chi connectivity index (χ0) is 22.2. The molecule has 0 radical (unpaired) electrons. The molecule has 5 nitrogen and oxygen atoms in total. The molecular formula is C25H22F2N4O. The first-order valence-corrected chi connectivity index (χ1v) is 10.6. The fourth-order valence-electron chi connectivity index (χ4n) is 4.44. The lowest BCUT2D eigenvalue weighted by molar-refractivity contribution is 0.0737. The number of hydrogen-bond acceptors (Lipinski definition) is 3. The third kappa shape index (κ3) is 3.53. The average molecular weight is 432 g/mol. The van der Waals surface area contributed by atoms with E-state index < -0.39 is 6.43 Å². The Hall–Kier alpha value is -3.61. The van der Waals surface area contributed by atoms with Crippen molar-refractivity contribution >= 4 is 11.6 Å². The minimum atomic E-state index is -2.75. The maximum atomic E-state index is 13.8. The van der Waals surface area contributed by atoms with Gasteiger partial charge in [0.25, 0.3) is 12.3 Å². The molecule has 5 rings (SSSR count). The third-order valence-electron chi connectivity index (χ3n) is 5.96. The van der Waals surface area contributed by atoms with E-state index in [1.807, 2.05) is 48.2 Å². The highest BCUT2D eigenvalue weighted by Crippen LogP contribution is 2.34. The molecule has 0 spiro atoms. The Morgan fingerprint density at radius 2 is 1.91 bits per heavy atom. The summed E-state index contributed by atoms with van der Waals surface area (Å²) in [5, 5.41) is 4.11. The predicted molar refractivity (Wildman–Crippen MR) is 118 cm³/mol. The van der Waals surface area contributed by atoms with Gasteiger partial charge in [0, 0.05) is 12.1 Å². The SMILES string of the molecule is Cc1cccc([C@@H]2CCCN2C(=O)c2cnn3c(C(F)F)cc(-c4ccccc4)nc23)c1. The first-order chi connectivity index (χ1) is 15.5. The number of halogens is 2. The number of benzene rings is 2. The standard InChI is InChI=1S/C25H22F2N4O/c1-16-7-5-10-18(13-16)21-11-6-12-30(21)25(32)19-15-28-31-22(23(26)27)14-20(29-24(19)31)17-8-3-2-4-9-17/h2-5,7-10,13-15,21,23H,6,11-12H2,1H3/t21-/m0/s1. The molecule has 7 heteroatoms. The van der Waals surface area contributed by atoms with Gasteiger partial charge in [-0.1, -0.05) is 60.2 Å². The highest BCUT2D eigenvalue weighted by molar-refractivity contribution is 6.00. The predicted octanol–water partition coefficient (Wildman–Crippen LogP) is 5.62. The summed E-state index contributed by atoms with van der Waals surface area (Å²) < 4.78 is 28.8. The van der Waals surface area contributed by atoms with E-state index in [1.54, 1.807) is 12.1 Å². The zero-order valence-corrected chi connectivity index (χ0v) is 17.6. The van der Waals surface area contributed by atoms with Gasteiger partial charge in [-0.3, -0.25) is 4.79 Å². The third-order valence-corrected chi connectivity index (χ3v) is 5.96. The molecule has 32 heavy (non-hydrogen) atoms. The van der Waals surface area contributed by atoms with E-state index in [0.29, 0.717) is 17.8 Å². The van der Waals surface area contributed by atoms with Crippen LogP contribution in [0.3, 0.4) is 0 Å². The normalized spacial score (nSPS) is 16.2. The van der Waals surface area contributed by atoms with Crippen molar-refractivity contribution in [3.63, 3.8) is 0 Å². The summed E-state index contributed by atoms with van der Waals surface area (Å²) in [7, 11) is 0. The molecule has 162 valence electrons. The van der Waals surface area contributed by atoms with Crippen LogP contribution in [0.1, 0.15) is 52.5 Å². The Balaban J connectivity index is 1.59. The van der Waals surface area contributed by atoms with E-state index >= 15 is 0 Å². The molecule has 0 bridgehead atoms. The van der Waals surface area contributed by atoms with Crippen LogP contribution in [0.15, 0.2) is 66.9 Å². The van der Waals surface area contributed by atoms with Crippen LogP contribution < -0.4 is 0 Å².